The lowest BCUT2D eigenvalue weighted by Crippen LogP contribution is -2.21. The van der Waals surface area contributed by atoms with Crippen LogP contribution >= 0.6 is 38.9 Å². The molecule has 0 atom stereocenters. The zero-order valence-corrected chi connectivity index (χ0v) is 16.2. The number of hydrazone groups is 1. The molecule has 0 bridgehead atoms. The van der Waals surface area contributed by atoms with E-state index in [1.54, 1.807) is 31.2 Å². The van der Waals surface area contributed by atoms with Crippen molar-refractivity contribution in [3.63, 3.8) is 0 Å². The first-order valence-electron chi connectivity index (χ1n) is 7.06. The van der Waals surface area contributed by atoms with Crippen LogP contribution in [0.15, 0.2) is 38.6 Å². The maximum Gasteiger partial charge on any atom is 0.326 e. The Bertz CT molecular complexity index is 861. The number of amides is 1. The number of esters is 1. The lowest BCUT2D eigenvalue weighted by Gasteiger charge is -2.03. The van der Waals surface area contributed by atoms with Gasteiger partial charge in [-0.05, 0) is 31.2 Å². The molecule has 2 rings (SSSR count). The van der Waals surface area contributed by atoms with Crippen LogP contribution in [0, 0.1) is 0 Å². The maximum absolute atomic E-state index is 11.9. The van der Waals surface area contributed by atoms with E-state index in [0.29, 0.717) is 10.4 Å². The fraction of sp³-hybridized carbons (Fsp3) is 0.200. The Morgan fingerprint density at radius 3 is 2.72 bits per heavy atom. The number of rotatable bonds is 6. The van der Waals surface area contributed by atoms with Crippen molar-refractivity contribution in [2.75, 3.05) is 6.61 Å². The molecule has 2 aromatic rings. The van der Waals surface area contributed by atoms with Gasteiger partial charge < -0.3 is 4.74 Å². The molecule has 0 radical (unpaired) electrons. The molecule has 7 nitrogen and oxygen atoms in total. The number of benzene rings is 1. The molecular formula is C15H13BrClN3O4S. The average molecular weight is 447 g/mol. The van der Waals surface area contributed by atoms with E-state index >= 15 is 0 Å². The fourth-order valence-electron chi connectivity index (χ4n) is 1.77. The molecule has 0 unspecified atom stereocenters. The Morgan fingerprint density at radius 2 is 2.08 bits per heavy atom. The van der Waals surface area contributed by atoms with E-state index in [-0.39, 0.29) is 18.3 Å². The maximum atomic E-state index is 11.9. The van der Waals surface area contributed by atoms with Gasteiger partial charge in [-0.3, -0.25) is 19.0 Å². The second-order valence-electron chi connectivity index (χ2n) is 4.62. The molecular weight excluding hydrogens is 434 g/mol. The third-order valence-electron chi connectivity index (χ3n) is 2.90. The normalized spacial score (nSPS) is 10.8. The highest BCUT2D eigenvalue weighted by Crippen LogP contribution is 2.16. The van der Waals surface area contributed by atoms with Gasteiger partial charge in [-0.2, -0.15) is 5.10 Å². The second kappa shape index (κ2) is 8.93. The molecule has 1 amide bonds. The summed E-state index contributed by atoms with van der Waals surface area (Å²) < 4.78 is 6.73. The van der Waals surface area contributed by atoms with Crippen LogP contribution in [-0.4, -0.2) is 29.3 Å². The van der Waals surface area contributed by atoms with Crippen LogP contribution in [0.3, 0.4) is 0 Å². The van der Waals surface area contributed by atoms with Gasteiger partial charge in [-0.25, -0.2) is 5.43 Å². The third-order valence-corrected chi connectivity index (χ3v) is 4.87. The summed E-state index contributed by atoms with van der Waals surface area (Å²) in [7, 11) is 0. The number of halogens is 2. The SMILES string of the molecule is CCOC(=O)Cn1c(Cl)c(/C=N/NC(=O)c2ccc(Br)cc2)sc1=O. The highest BCUT2D eigenvalue weighted by Gasteiger charge is 2.15. The Labute approximate surface area is 160 Å². The van der Waals surface area contributed by atoms with Gasteiger partial charge in [0.15, 0.2) is 0 Å². The number of aromatic nitrogens is 1. The molecule has 0 aliphatic rings. The van der Waals surface area contributed by atoms with E-state index in [2.05, 4.69) is 26.5 Å². The summed E-state index contributed by atoms with van der Waals surface area (Å²) in [6.45, 7) is 1.61. The molecule has 132 valence electrons. The van der Waals surface area contributed by atoms with Crippen LogP contribution in [0.25, 0.3) is 0 Å². The molecule has 1 aromatic heterocycles. The van der Waals surface area contributed by atoms with Gasteiger partial charge in [0.25, 0.3) is 5.91 Å². The van der Waals surface area contributed by atoms with E-state index in [1.165, 1.54) is 6.21 Å². The monoisotopic (exact) mass is 445 g/mol. The van der Waals surface area contributed by atoms with Crippen molar-refractivity contribution >= 4 is 57.0 Å². The van der Waals surface area contributed by atoms with Crippen molar-refractivity contribution in [1.29, 1.82) is 0 Å². The molecule has 0 aliphatic heterocycles. The zero-order valence-electron chi connectivity index (χ0n) is 13.0. The minimum absolute atomic E-state index is 0.0599. The Balaban J connectivity index is 2.06. The van der Waals surface area contributed by atoms with Crippen LogP contribution in [0.1, 0.15) is 22.2 Å². The lowest BCUT2D eigenvalue weighted by molar-refractivity contribution is -0.143. The van der Waals surface area contributed by atoms with Crippen molar-refractivity contribution in [2.45, 2.75) is 13.5 Å². The van der Waals surface area contributed by atoms with E-state index in [4.69, 9.17) is 16.3 Å². The van der Waals surface area contributed by atoms with Crippen LogP contribution in [0.2, 0.25) is 5.15 Å². The Hall–Kier alpha value is -1.97. The molecule has 10 heteroatoms. The Morgan fingerprint density at radius 1 is 1.40 bits per heavy atom. The van der Waals surface area contributed by atoms with E-state index in [1.807, 2.05) is 0 Å². The van der Waals surface area contributed by atoms with Gasteiger partial charge in [0.1, 0.15) is 11.7 Å². The first kappa shape index (κ1) is 19.4. The van der Waals surface area contributed by atoms with E-state index in [0.717, 1.165) is 20.4 Å². The molecule has 0 aliphatic carbocycles. The van der Waals surface area contributed by atoms with Crippen LogP contribution in [0.4, 0.5) is 0 Å². The van der Waals surface area contributed by atoms with Crippen molar-refractivity contribution in [2.24, 2.45) is 5.10 Å². The smallest absolute Gasteiger partial charge is 0.326 e. The molecule has 25 heavy (non-hydrogen) atoms. The molecule has 0 spiro atoms. The fourth-order valence-corrected chi connectivity index (χ4v) is 3.14. The summed E-state index contributed by atoms with van der Waals surface area (Å²) in [6, 6.07) is 6.74. The Kier molecular flexibility index (Phi) is 6.91. The predicted molar refractivity (Wildman–Crippen MR) is 99.4 cm³/mol. The van der Waals surface area contributed by atoms with Crippen molar-refractivity contribution in [3.8, 4) is 0 Å². The van der Waals surface area contributed by atoms with Gasteiger partial charge in [0.05, 0.1) is 17.7 Å². The number of carbonyl (C=O) groups excluding carboxylic acids is 2. The number of nitrogens with one attached hydrogen (secondary N) is 1. The first-order chi connectivity index (χ1) is 11.9. The summed E-state index contributed by atoms with van der Waals surface area (Å²) in [5.74, 6) is -0.963. The number of hydrogen-bond acceptors (Lipinski definition) is 6. The summed E-state index contributed by atoms with van der Waals surface area (Å²) in [5, 5.41) is 3.85. The second-order valence-corrected chi connectivity index (χ2v) is 6.89. The first-order valence-corrected chi connectivity index (χ1v) is 9.04. The molecule has 0 fully saturated rings. The summed E-state index contributed by atoms with van der Waals surface area (Å²) in [6.07, 6.45) is 1.26. The number of thiazole rings is 1. The van der Waals surface area contributed by atoms with Crippen molar-refractivity contribution in [1.82, 2.24) is 9.99 Å². The minimum Gasteiger partial charge on any atom is -0.465 e. The van der Waals surface area contributed by atoms with Gasteiger partial charge in [-0.1, -0.05) is 38.9 Å². The zero-order chi connectivity index (χ0) is 18.4. The summed E-state index contributed by atoms with van der Waals surface area (Å²) in [4.78, 5) is 35.2. The minimum atomic E-state index is -0.559. The lowest BCUT2D eigenvalue weighted by atomic mass is 10.2. The van der Waals surface area contributed by atoms with Crippen LogP contribution in [-0.2, 0) is 16.1 Å². The average Bonchev–Trinajstić information content (AvgIpc) is 2.83. The highest BCUT2D eigenvalue weighted by atomic mass is 79.9. The number of ether oxygens (including phenoxy) is 1. The van der Waals surface area contributed by atoms with Crippen LogP contribution < -0.4 is 10.3 Å². The van der Waals surface area contributed by atoms with E-state index in [9.17, 15) is 14.4 Å². The molecule has 1 aromatic carbocycles. The van der Waals surface area contributed by atoms with Crippen molar-refractivity contribution in [3.05, 3.63) is 54.0 Å². The summed E-state index contributed by atoms with van der Waals surface area (Å²) >= 11 is 10.2. The largest absolute Gasteiger partial charge is 0.465 e. The van der Waals surface area contributed by atoms with Crippen LogP contribution in [0.5, 0.6) is 0 Å². The number of nitrogens with zero attached hydrogens (tertiary/aromatic N) is 2. The quantitative estimate of drug-likeness (QED) is 0.420. The molecule has 0 saturated heterocycles. The van der Waals surface area contributed by atoms with Gasteiger partial charge in [0, 0.05) is 10.0 Å². The highest BCUT2D eigenvalue weighted by molar-refractivity contribution is 9.10. The van der Waals surface area contributed by atoms with E-state index < -0.39 is 16.7 Å². The van der Waals surface area contributed by atoms with Crippen molar-refractivity contribution < 1.29 is 14.3 Å². The predicted octanol–water partition coefficient (Wildman–Crippen LogP) is 2.65. The molecule has 0 saturated carbocycles. The van der Waals surface area contributed by atoms with Gasteiger partial charge >= 0.3 is 10.8 Å². The number of hydrogen-bond donors (Lipinski definition) is 1. The standard InChI is InChI=1S/C15H13BrClN3O4S/c1-2-24-12(21)8-20-13(17)11(25-15(20)23)7-18-19-14(22)9-3-5-10(16)6-4-9/h3-7H,2,8H2,1H3,(H,19,22)/b18-7+. The molecule has 1 heterocycles. The number of carbonyl (C=O) groups is 2. The molecule has 1 N–H and O–H groups in total. The van der Waals surface area contributed by atoms with Gasteiger partial charge in [-0.15, -0.1) is 0 Å². The van der Waals surface area contributed by atoms with Gasteiger partial charge in [0.2, 0.25) is 0 Å². The topological polar surface area (TPSA) is 89.8 Å². The summed E-state index contributed by atoms with van der Waals surface area (Å²) in [5.41, 5.74) is 2.77. The third kappa shape index (κ3) is 5.25.